The van der Waals surface area contributed by atoms with Gasteiger partial charge in [-0.15, -0.1) is 0 Å². The highest BCUT2D eigenvalue weighted by molar-refractivity contribution is 9.10. The van der Waals surface area contributed by atoms with Gasteiger partial charge in [-0.1, -0.05) is 0 Å². The maximum absolute atomic E-state index is 11.6. The predicted octanol–water partition coefficient (Wildman–Crippen LogP) is 1.77. The maximum atomic E-state index is 11.6. The first-order chi connectivity index (χ1) is 8.16. The molecule has 1 heterocycles. The van der Waals surface area contributed by atoms with Gasteiger partial charge in [0.05, 0.1) is 11.9 Å². The molecule has 1 N–H and O–H groups in total. The Labute approximate surface area is 109 Å². The topological polar surface area (TPSA) is 56.1 Å². The molecule has 96 valence electrons. The number of nitrogens with zero attached hydrogens (tertiary/aromatic N) is 2. The third kappa shape index (κ3) is 4.47. The summed E-state index contributed by atoms with van der Waals surface area (Å²) in [6.07, 6.45) is 3.66. The number of rotatable bonds is 7. The van der Waals surface area contributed by atoms with Crippen molar-refractivity contribution in [1.29, 1.82) is 0 Å². The Hall–Kier alpha value is -0.880. The van der Waals surface area contributed by atoms with Crippen molar-refractivity contribution in [3.63, 3.8) is 0 Å². The summed E-state index contributed by atoms with van der Waals surface area (Å²) in [7, 11) is 1.62. The molecule has 1 aromatic heterocycles. The summed E-state index contributed by atoms with van der Waals surface area (Å²) in [4.78, 5) is 11.6. The second kappa shape index (κ2) is 7.45. The first-order valence-electron chi connectivity index (χ1n) is 5.70. The van der Waals surface area contributed by atoms with Crippen molar-refractivity contribution in [2.24, 2.45) is 7.05 Å². The zero-order valence-corrected chi connectivity index (χ0v) is 11.8. The molecule has 0 aliphatic heterocycles. The fraction of sp³-hybridized carbons (Fsp3) is 0.636. The van der Waals surface area contributed by atoms with E-state index in [2.05, 4.69) is 26.3 Å². The summed E-state index contributed by atoms with van der Waals surface area (Å²) in [5.74, 6) is 0. The molecule has 0 fully saturated rings. The standard InChI is InChI=1S/C11H18BrN3O2/c1-3-17-7-5-4-6-13-9-8-14-15(2)11(16)10(9)12/h8,13H,3-7H2,1-2H3. The maximum Gasteiger partial charge on any atom is 0.282 e. The lowest BCUT2D eigenvalue weighted by molar-refractivity contribution is 0.144. The minimum absolute atomic E-state index is 0.135. The summed E-state index contributed by atoms with van der Waals surface area (Å²) in [5.41, 5.74) is 0.605. The van der Waals surface area contributed by atoms with E-state index < -0.39 is 0 Å². The van der Waals surface area contributed by atoms with Gasteiger partial charge in [-0.2, -0.15) is 5.10 Å². The van der Waals surface area contributed by atoms with Crippen LogP contribution < -0.4 is 10.9 Å². The number of halogens is 1. The quantitative estimate of drug-likeness (QED) is 0.780. The Balaban J connectivity index is 2.37. The lowest BCUT2D eigenvalue weighted by Crippen LogP contribution is -2.21. The molecule has 0 saturated carbocycles. The van der Waals surface area contributed by atoms with Crippen molar-refractivity contribution < 1.29 is 4.74 Å². The van der Waals surface area contributed by atoms with E-state index in [9.17, 15) is 4.79 Å². The summed E-state index contributed by atoms with van der Waals surface area (Å²) < 4.78 is 7.07. The molecule has 1 aromatic rings. The number of aromatic nitrogens is 2. The van der Waals surface area contributed by atoms with Crippen LogP contribution in [0.5, 0.6) is 0 Å². The fourth-order valence-corrected chi connectivity index (χ4v) is 1.83. The molecule has 0 spiro atoms. The first-order valence-corrected chi connectivity index (χ1v) is 6.49. The summed E-state index contributed by atoms with van der Waals surface area (Å²) >= 11 is 3.26. The van der Waals surface area contributed by atoms with E-state index in [1.54, 1.807) is 13.2 Å². The van der Waals surface area contributed by atoms with Gasteiger partial charge < -0.3 is 10.1 Å². The molecular formula is C11H18BrN3O2. The van der Waals surface area contributed by atoms with E-state index in [4.69, 9.17) is 4.74 Å². The minimum Gasteiger partial charge on any atom is -0.383 e. The molecule has 5 nitrogen and oxygen atoms in total. The van der Waals surface area contributed by atoms with Crippen molar-refractivity contribution >= 4 is 21.6 Å². The van der Waals surface area contributed by atoms with Gasteiger partial charge >= 0.3 is 0 Å². The molecule has 0 unspecified atom stereocenters. The van der Waals surface area contributed by atoms with Crippen molar-refractivity contribution in [3.05, 3.63) is 21.0 Å². The number of unbranched alkanes of at least 4 members (excludes halogenated alkanes) is 1. The van der Waals surface area contributed by atoms with E-state index in [1.807, 2.05) is 6.92 Å². The largest absolute Gasteiger partial charge is 0.383 e. The molecule has 6 heteroatoms. The average Bonchev–Trinajstić information content (AvgIpc) is 2.33. The van der Waals surface area contributed by atoms with Crippen molar-refractivity contribution in [2.45, 2.75) is 19.8 Å². The molecule has 17 heavy (non-hydrogen) atoms. The van der Waals surface area contributed by atoms with Crippen molar-refractivity contribution in [1.82, 2.24) is 9.78 Å². The van der Waals surface area contributed by atoms with E-state index in [0.717, 1.165) is 38.3 Å². The molecule has 0 aliphatic carbocycles. The van der Waals surface area contributed by atoms with Crippen LogP contribution in [0, 0.1) is 0 Å². The number of hydrogen-bond donors (Lipinski definition) is 1. The number of ether oxygens (including phenoxy) is 1. The second-order valence-electron chi connectivity index (χ2n) is 3.63. The smallest absolute Gasteiger partial charge is 0.282 e. The third-order valence-corrected chi connectivity index (χ3v) is 3.08. The molecule has 0 radical (unpaired) electrons. The molecule has 0 atom stereocenters. The lowest BCUT2D eigenvalue weighted by atomic mass is 10.3. The van der Waals surface area contributed by atoms with Crippen molar-refractivity contribution in [2.75, 3.05) is 25.1 Å². The number of aryl methyl sites for hydroxylation is 1. The summed E-state index contributed by atoms with van der Waals surface area (Å²) in [5, 5.41) is 7.13. The van der Waals surface area contributed by atoms with Crippen LogP contribution in [0.3, 0.4) is 0 Å². The lowest BCUT2D eigenvalue weighted by Gasteiger charge is -2.08. The Bertz CT molecular complexity index is 406. The van der Waals surface area contributed by atoms with Gasteiger partial charge in [0.15, 0.2) is 0 Å². The van der Waals surface area contributed by atoms with Crippen LogP contribution >= 0.6 is 15.9 Å². The van der Waals surface area contributed by atoms with E-state index in [-0.39, 0.29) is 5.56 Å². The highest BCUT2D eigenvalue weighted by atomic mass is 79.9. The van der Waals surface area contributed by atoms with Gasteiger partial charge in [-0.05, 0) is 35.7 Å². The molecule has 0 aliphatic rings. The number of hydrogen-bond acceptors (Lipinski definition) is 4. The Morgan fingerprint density at radius 1 is 1.53 bits per heavy atom. The third-order valence-electron chi connectivity index (χ3n) is 2.31. The molecule has 0 bridgehead atoms. The molecule has 0 saturated heterocycles. The van der Waals surface area contributed by atoms with Crippen LogP contribution in [-0.2, 0) is 11.8 Å². The summed E-state index contributed by atoms with van der Waals surface area (Å²) in [6.45, 7) is 4.34. The zero-order chi connectivity index (χ0) is 12.7. The minimum atomic E-state index is -0.135. The van der Waals surface area contributed by atoms with Gasteiger partial charge in [0, 0.05) is 26.8 Å². The number of nitrogens with one attached hydrogen (secondary N) is 1. The normalized spacial score (nSPS) is 10.5. The molecular weight excluding hydrogens is 286 g/mol. The van der Waals surface area contributed by atoms with Gasteiger partial charge in [0.1, 0.15) is 4.47 Å². The first kappa shape index (κ1) is 14.2. The number of anilines is 1. The van der Waals surface area contributed by atoms with Gasteiger partial charge in [0.2, 0.25) is 0 Å². The van der Waals surface area contributed by atoms with Gasteiger partial charge in [-0.3, -0.25) is 4.79 Å². The Morgan fingerprint density at radius 3 is 3.00 bits per heavy atom. The zero-order valence-electron chi connectivity index (χ0n) is 10.2. The van der Waals surface area contributed by atoms with Crippen LogP contribution in [0.4, 0.5) is 5.69 Å². The van der Waals surface area contributed by atoms with Crippen LogP contribution in [-0.4, -0.2) is 29.5 Å². The molecule has 0 amide bonds. The fourth-order valence-electron chi connectivity index (χ4n) is 1.33. The monoisotopic (exact) mass is 303 g/mol. The van der Waals surface area contributed by atoms with Crippen LogP contribution in [0.2, 0.25) is 0 Å². The average molecular weight is 304 g/mol. The second-order valence-corrected chi connectivity index (χ2v) is 4.42. The summed E-state index contributed by atoms with van der Waals surface area (Å²) in [6, 6.07) is 0. The Kier molecular flexibility index (Phi) is 6.21. The van der Waals surface area contributed by atoms with E-state index in [1.165, 1.54) is 4.68 Å². The van der Waals surface area contributed by atoms with Gasteiger partial charge in [0.25, 0.3) is 5.56 Å². The van der Waals surface area contributed by atoms with Crippen molar-refractivity contribution in [3.8, 4) is 0 Å². The van der Waals surface area contributed by atoms with E-state index in [0.29, 0.717) is 4.47 Å². The molecule has 1 rings (SSSR count). The van der Waals surface area contributed by atoms with Crippen LogP contribution in [0.25, 0.3) is 0 Å². The highest BCUT2D eigenvalue weighted by Crippen LogP contribution is 2.15. The van der Waals surface area contributed by atoms with Gasteiger partial charge in [-0.25, -0.2) is 4.68 Å². The highest BCUT2D eigenvalue weighted by Gasteiger charge is 2.05. The Morgan fingerprint density at radius 2 is 2.29 bits per heavy atom. The van der Waals surface area contributed by atoms with Crippen LogP contribution in [0.15, 0.2) is 15.5 Å². The van der Waals surface area contributed by atoms with Crippen LogP contribution in [0.1, 0.15) is 19.8 Å². The van der Waals surface area contributed by atoms with E-state index >= 15 is 0 Å². The molecule has 0 aromatic carbocycles. The SMILES string of the molecule is CCOCCCCNc1cnn(C)c(=O)c1Br. The predicted molar refractivity (Wildman–Crippen MR) is 71.4 cm³/mol.